The molecule has 0 amide bonds. The molecular weight excluding hydrogens is 162 g/mol. The largest absolute Gasteiger partial charge is 0.448 e. The Morgan fingerprint density at radius 2 is 2.00 bits per heavy atom. The molecule has 0 unspecified atom stereocenters. The maximum Gasteiger partial charge on any atom is 0.197 e. The number of aromatic nitrogens is 1. The number of rotatable bonds is 1. The molecule has 0 aliphatic heterocycles. The summed E-state index contributed by atoms with van der Waals surface area (Å²) in [4.78, 5) is 4.39. The van der Waals surface area contributed by atoms with Crippen LogP contribution in [0.5, 0.6) is 0 Å². The summed E-state index contributed by atoms with van der Waals surface area (Å²) < 4.78 is 5.43. The van der Waals surface area contributed by atoms with Crippen LogP contribution < -0.4 is 0 Å². The van der Waals surface area contributed by atoms with E-state index in [-0.39, 0.29) is 0 Å². The van der Waals surface area contributed by atoms with Gasteiger partial charge in [-0.25, -0.2) is 4.98 Å². The van der Waals surface area contributed by atoms with Crippen LogP contribution >= 0.6 is 0 Å². The van der Waals surface area contributed by atoms with Crippen molar-refractivity contribution in [3.05, 3.63) is 17.8 Å². The molecule has 0 radical (unpaired) electrons. The van der Waals surface area contributed by atoms with Gasteiger partial charge in [-0.15, -0.1) is 0 Å². The van der Waals surface area contributed by atoms with Gasteiger partial charge in [-0.1, -0.05) is 6.92 Å². The zero-order chi connectivity index (χ0) is 9.26. The molecule has 0 N–H and O–H groups in total. The molecule has 1 aromatic rings. The van der Waals surface area contributed by atoms with Crippen molar-refractivity contribution in [3.63, 3.8) is 0 Å². The van der Waals surface area contributed by atoms with Gasteiger partial charge in [-0.05, 0) is 38.5 Å². The first-order valence-electron chi connectivity index (χ1n) is 5.17. The van der Waals surface area contributed by atoms with Crippen molar-refractivity contribution in [2.75, 3.05) is 0 Å². The summed E-state index contributed by atoms with van der Waals surface area (Å²) in [6.45, 7) is 4.31. The van der Waals surface area contributed by atoms with Crippen molar-refractivity contribution in [1.82, 2.24) is 4.98 Å². The highest BCUT2D eigenvalue weighted by atomic mass is 16.3. The molecule has 1 fully saturated rings. The minimum Gasteiger partial charge on any atom is -0.448 e. The van der Waals surface area contributed by atoms with Crippen molar-refractivity contribution >= 4 is 0 Å². The molecule has 1 heterocycles. The smallest absolute Gasteiger partial charge is 0.197 e. The summed E-state index contributed by atoms with van der Waals surface area (Å²) in [7, 11) is 0. The monoisotopic (exact) mass is 179 g/mol. The molecule has 1 aromatic heterocycles. The van der Waals surface area contributed by atoms with Crippen molar-refractivity contribution in [1.29, 1.82) is 0 Å². The number of hydrogen-bond acceptors (Lipinski definition) is 2. The van der Waals surface area contributed by atoms with Crippen molar-refractivity contribution in [2.45, 2.75) is 45.4 Å². The predicted molar refractivity (Wildman–Crippen MR) is 51.6 cm³/mol. The number of hydrogen-bond donors (Lipinski definition) is 0. The number of aryl methyl sites for hydroxylation is 1. The molecule has 0 aromatic carbocycles. The quantitative estimate of drug-likeness (QED) is 0.661. The molecule has 2 rings (SSSR count). The summed E-state index contributed by atoms with van der Waals surface area (Å²) in [5.74, 6) is 2.45. The summed E-state index contributed by atoms with van der Waals surface area (Å²) in [6, 6.07) is 0. The summed E-state index contributed by atoms with van der Waals surface area (Å²) >= 11 is 0. The highest BCUT2D eigenvalue weighted by Crippen LogP contribution is 2.34. The van der Waals surface area contributed by atoms with E-state index in [1.165, 1.54) is 25.7 Å². The lowest BCUT2D eigenvalue weighted by atomic mass is 9.83. The Labute approximate surface area is 79.4 Å². The van der Waals surface area contributed by atoms with E-state index in [2.05, 4.69) is 11.9 Å². The topological polar surface area (TPSA) is 26.0 Å². The fraction of sp³-hybridized carbons (Fsp3) is 0.727. The average Bonchev–Trinajstić information content (AvgIpc) is 2.53. The molecule has 2 heteroatoms. The lowest BCUT2D eigenvalue weighted by Crippen LogP contribution is -2.10. The van der Waals surface area contributed by atoms with Crippen LogP contribution in [0.3, 0.4) is 0 Å². The molecule has 1 saturated carbocycles. The van der Waals surface area contributed by atoms with E-state index in [9.17, 15) is 0 Å². The SMILES string of the molecule is Cc1coc(C2CCC(C)CC2)n1. The maximum atomic E-state index is 5.43. The van der Waals surface area contributed by atoms with Gasteiger partial charge in [0.2, 0.25) is 0 Å². The molecule has 13 heavy (non-hydrogen) atoms. The Balaban J connectivity index is 2.02. The number of nitrogens with zero attached hydrogens (tertiary/aromatic N) is 1. The summed E-state index contributed by atoms with van der Waals surface area (Å²) in [5, 5.41) is 0. The highest BCUT2D eigenvalue weighted by molar-refractivity contribution is 4.99. The van der Waals surface area contributed by atoms with Crippen LogP contribution in [0.4, 0.5) is 0 Å². The normalized spacial score (nSPS) is 29.1. The van der Waals surface area contributed by atoms with Gasteiger partial charge in [0.25, 0.3) is 0 Å². The van der Waals surface area contributed by atoms with Crippen LogP contribution in [-0.2, 0) is 0 Å². The van der Waals surface area contributed by atoms with Crippen molar-refractivity contribution in [2.24, 2.45) is 5.92 Å². The molecule has 0 bridgehead atoms. The molecule has 2 nitrogen and oxygen atoms in total. The molecule has 1 aliphatic carbocycles. The maximum absolute atomic E-state index is 5.43. The molecule has 0 saturated heterocycles. The zero-order valence-corrected chi connectivity index (χ0v) is 8.42. The van der Waals surface area contributed by atoms with Crippen LogP contribution in [0.2, 0.25) is 0 Å². The third-order valence-corrected chi connectivity index (χ3v) is 3.00. The van der Waals surface area contributed by atoms with E-state index >= 15 is 0 Å². The van der Waals surface area contributed by atoms with E-state index in [4.69, 9.17) is 4.42 Å². The Morgan fingerprint density at radius 1 is 1.31 bits per heavy atom. The van der Waals surface area contributed by atoms with Crippen LogP contribution in [-0.4, -0.2) is 4.98 Å². The molecule has 1 aliphatic rings. The second-order valence-electron chi connectivity index (χ2n) is 4.28. The summed E-state index contributed by atoms with van der Waals surface area (Å²) in [6.07, 6.45) is 6.91. The fourth-order valence-corrected chi connectivity index (χ4v) is 2.07. The Bertz CT molecular complexity index is 271. The van der Waals surface area contributed by atoms with Gasteiger partial charge in [-0.3, -0.25) is 0 Å². The third-order valence-electron chi connectivity index (χ3n) is 3.00. The molecular formula is C11H17NO. The Hall–Kier alpha value is -0.790. The van der Waals surface area contributed by atoms with Gasteiger partial charge in [0, 0.05) is 5.92 Å². The van der Waals surface area contributed by atoms with Crippen molar-refractivity contribution in [3.8, 4) is 0 Å². The lowest BCUT2D eigenvalue weighted by Gasteiger charge is -2.23. The van der Waals surface area contributed by atoms with Crippen molar-refractivity contribution < 1.29 is 4.42 Å². The highest BCUT2D eigenvalue weighted by Gasteiger charge is 2.22. The van der Waals surface area contributed by atoms with E-state index in [0.717, 1.165) is 17.5 Å². The van der Waals surface area contributed by atoms with Crippen LogP contribution in [0.25, 0.3) is 0 Å². The van der Waals surface area contributed by atoms with Gasteiger partial charge in [0.15, 0.2) is 5.89 Å². The summed E-state index contributed by atoms with van der Waals surface area (Å²) in [5.41, 5.74) is 1.01. The minimum absolute atomic E-state index is 0.588. The minimum atomic E-state index is 0.588. The van der Waals surface area contributed by atoms with Crippen LogP contribution in [0, 0.1) is 12.8 Å². The van der Waals surface area contributed by atoms with E-state index in [1.54, 1.807) is 6.26 Å². The third kappa shape index (κ3) is 1.93. The van der Waals surface area contributed by atoms with Crippen LogP contribution in [0.1, 0.15) is 50.1 Å². The van der Waals surface area contributed by atoms with Gasteiger partial charge < -0.3 is 4.42 Å². The Kier molecular flexibility index (Phi) is 2.38. The second kappa shape index (κ2) is 3.52. The van der Waals surface area contributed by atoms with Gasteiger partial charge >= 0.3 is 0 Å². The van der Waals surface area contributed by atoms with E-state index < -0.39 is 0 Å². The average molecular weight is 179 g/mol. The Morgan fingerprint density at radius 3 is 2.54 bits per heavy atom. The standard InChI is InChI=1S/C11H17NO/c1-8-3-5-10(6-4-8)11-12-9(2)7-13-11/h7-8,10H,3-6H2,1-2H3. The predicted octanol–water partition coefficient (Wildman–Crippen LogP) is 3.28. The fourth-order valence-electron chi connectivity index (χ4n) is 2.07. The van der Waals surface area contributed by atoms with E-state index in [0.29, 0.717) is 5.92 Å². The van der Waals surface area contributed by atoms with Gasteiger partial charge in [-0.2, -0.15) is 0 Å². The van der Waals surface area contributed by atoms with Gasteiger partial charge in [0.1, 0.15) is 6.26 Å². The first kappa shape index (κ1) is 8.79. The first-order chi connectivity index (χ1) is 6.25. The van der Waals surface area contributed by atoms with E-state index in [1.807, 2.05) is 6.92 Å². The number of oxazole rings is 1. The van der Waals surface area contributed by atoms with Gasteiger partial charge in [0.05, 0.1) is 5.69 Å². The first-order valence-corrected chi connectivity index (χ1v) is 5.17. The molecule has 72 valence electrons. The zero-order valence-electron chi connectivity index (χ0n) is 8.42. The molecule has 0 spiro atoms. The van der Waals surface area contributed by atoms with Crippen LogP contribution in [0.15, 0.2) is 10.7 Å². The second-order valence-corrected chi connectivity index (χ2v) is 4.28. The molecule has 0 atom stereocenters. The lowest BCUT2D eigenvalue weighted by molar-refractivity contribution is 0.307.